The standard InChI is InChI=1S/C24H31N3/c1-27(2)24(20-8-4-3-5-9-20)15-12-21(13-16-24)25-17-14-19-18-26-23-11-7-6-10-22(19)23/h3-11,18,21,25-26H,12-17H2,1-2H3. The Labute approximate surface area is 162 Å². The number of benzene rings is 2. The van der Waals surface area contributed by atoms with Crippen LogP contribution in [0.4, 0.5) is 0 Å². The summed E-state index contributed by atoms with van der Waals surface area (Å²) in [5.41, 5.74) is 4.31. The Bertz CT molecular complexity index is 857. The third-order valence-electron chi connectivity index (χ3n) is 6.48. The van der Waals surface area contributed by atoms with E-state index in [1.807, 2.05) is 0 Å². The van der Waals surface area contributed by atoms with Crippen LogP contribution < -0.4 is 5.32 Å². The molecule has 2 N–H and O–H groups in total. The van der Waals surface area contributed by atoms with Gasteiger partial charge in [0.05, 0.1) is 0 Å². The first kappa shape index (κ1) is 18.3. The highest BCUT2D eigenvalue weighted by Gasteiger charge is 2.38. The summed E-state index contributed by atoms with van der Waals surface area (Å²) in [4.78, 5) is 5.82. The molecule has 0 spiro atoms. The molecule has 3 heteroatoms. The largest absolute Gasteiger partial charge is 0.361 e. The fraction of sp³-hybridized carbons (Fsp3) is 0.417. The third-order valence-corrected chi connectivity index (χ3v) is 6.48. The molecule has 0 bridgehead atoms. The first-order chi connectivity index (χ1) is 13.2. The average Bonchev–Trinajstić information content (AvgIpc) is 3.12. The molecule has 0 aliphatic heterocycles. The molecule has 4 rings (SSSR count). The number of aromatic amines is 1. The molecule has 1 aliphatic rings. The minimum Gasteiger partial charge on any atom is -0.361 e. The van der Waals surface area contributed by atoms with E-state index in [4.69, 9.17) is 0 Å². The molecule has 0 atom stereocenters. The summed E-state index contributed by atoms with van der Waals surface area (Å²) < 4.78 is 0. The van der Waals surface area contributed by atoms with Gasteiger partial charge in [0.15, 0.2) is 0 Å². The van der Waals surface area contributed by atoms with Crippen LogP contribution >= 0.6 is 0 Å². The zero-order valence-corrected chi connectivity index (χ0v) is 16.5. The Morgan fingerprint density at radius 3 is 2.44 bits per heavy atom. The molecule has 0 saturated heterocycles. The van der Waals surface area contributed by atoms with E-state index < -0.39 is 0 Å². The number of rotatable bonds is 6. The zero-order chi connectivity index (χ0) is 18.7. The lowest BCUT2D eigenvalue weighted by atomic mass is 9.74. The van der Waals surface area contributed by atoms with E-state index in [9.17, 15) is 0 Å². The van der Waals surface area contributed by atoms with Crippen molar-refractivity contribution in [1.82, 2.24) is 15.2 Å². The molecule has 0 amide bonds. The highest BCUT2D eigenvalue weighted by atomic mass is 15.1. The number of nitrogens with one attached hydrogen (secondary N) is 2. The Balaban J connectivity index is 1.34. The second kappa shape index (κ2) is 7.87. The van der Waals surface area contributed by atoms with Gasteiger partial charge in [0.1, 0.15) is 0 Å². The zero-order valence-electron chi connectivity index (χ0n) is 16.5. The molecule has 27 heavy (non-hydrogen) atoms. The normalized spacial score (nSPS) is 23.1. The van der Waals surface area contributed by atoms with Gasteiger partial charge in [0, 0.05) is 28.7 Å². The Morgan fingerprint density at radius 1 is 1.00 bits per heavy atom. The van der Waals surface area contributed by atoms with E-state index in [0.29, 0.717) is 6.04 Å². The van der Waals surface area contributed by atoms with Crippen molar-refractivity contribution in [3.05, 3.63) is 71.9 Å². The predicted molar refractivity (Wildman–Crippen MR) is 114 cm³/mol. The lowest BCUT2D eigenvalue weighted by molar-refractivity contribution is 0.0858. The molecule has 3 nitrogen and oxygen atoms in total. The lowest BCUT2D eigenvalue weighted by Gasteiger charge is -2.45. The molecule has 1 fully saturated rings. The second-order valence-electron chi connectivity index (χ2n) is 8.13. The number of hydrogen-bond donors (Lipinski definition) is 2. The van der Waals surface area contributed by atoms with Crippen LogP contribution in [0.15, 0.2) is 60.8 Å². The average molecular weight is 362 g/mol. The monoisotopic (exact) mass is 361 g/mol. The highest BCUT2D eigenvalue weighted by molar-refractivity contribution is 5.83. The van der Waals surface area contributed by atoms with E-state index >= 15 is 0 Å². The van der Waals surface area contributed by atoms with Gasteiger partial charge in [0.2, 0.25) is 0 Å². The Hall–Kier alpha value is -2.10. The topological polar surface area (TPSA) is 31.1 Å². The molecule has 1 heterocycles. The van der Waals surface area contributed by atoms with Crippen LogP contribution in [0.25, 0.3) is 10.9 Å². The molecule has 3 aromatic rings. The van der Waals surface area contributed by atoms with Crippen LogP contribution in [0.5, 0.6) is 0 Å². The molecule has 142 valence electrons. The van der Waals surface area contributed by atoms with Crippen LogP contribution in [0.3, 0.4) is 0 Å². The van der Waals surface area contributed by atoms with Gasteiger partial charge in [-0.15, -0.1) is 0 Å². The predicted octanol–water partition coefficient (Wildman–Crippen LogP) is 4.70. The van der Waals surface area contributed by atoms with Crippen LogP contribution in [0.1, 0.15) is 36.8 Å². The smallest absolute Gasteiger partial charge is 0.0456 e. The molecular weight excluding hydrogens is 330 g/mol. The maximum atomic E-state index is 3.82. The summed E-state index contributed by atoms with van der Waals surface area (Å²) in [5, 5.41) is 5.18. The fourth-order valence-corrected chi connectivity index (χ4v) is 4.79. The molecule has 2 aromatic carbocycles. The Kier molecular flexibility index (Phi) is 5.33. The van der Waals surface area contributed by atoms with Gasteiger partial charge in [-0.05, 0) is 69.9 Å². The van der Waals surface area contributed by atoms with E-state index in [0.717, 1.165) is 13.0 Å². The molecule has 1 aromatic heterocycles. The van der Waals surface area contributed by atoms with Crippen molar-refractivity contribution in [2.45, 2.75) is 43.7 Å². The molecule has 1 saturated carbocycles. The van der Waals surface area contributed by atoms with Crippen LogP contribution in [-0.2, 0) is 12.0 Å². The number of para-hydroxylation sites is 1. The highest BCUT2D eigenvalue weighted by Crippen LogP contribution is 2.41. The van der Waals surface area contributed by atoms with Crippen molar-refractivity contribution in [2.75, 3.05) is 20.6 Å². The number of H-pyrrole nitrogens is 1. The van der Waals surface area contributed by atoms with Crippen LogP contribution in [0, 0.1) is 0 Å². The minimum absolute atomic E-state index is 0.191. The first-order valence-electron chi connectivity index (χ1n) is 10.2. The number of fused-ring (bicyclic) bond motifs is 1. The van der Waals surface area contributed by atoms with Gasteiger partial charge >= 0.3 is 0 Å². The van der Waals surface area contributed by atoms with E-state index in [1.165, 1.54) is 47.7 Å². The van der Waals surface area contributed by atoms with Gasteiger partial charge in [-0.3, -0.25) is 4.90 Å². The van der Waals surface area contributed by atoms with Crippen molar-refractivity contribution in [1.29, 1.82) is 0 Å². The number of aromatic nitrogens is 1. The summed E-state index contributed by atoms with van der Waals surface area (Å²) >= 11 is 0. The van der Waals surface area contributed by atoms with Gasteiger partial charge in [0.25, 0.3) is 0 Å². The van der Waals surface area contributed by atoms with Crippen LogP contribution in [-0.4, -0.2) is 36.6 Å². The molecule has 0 unspecified atom stereocenters. The second-order valence-corrected chi connectivity index (χ2v) is 8.13. The van der Waals surface area contributed by atoms with E-state index in [-0.39, 0.29) is 5.54 Å². The SMILES string of the molecule is CN(C)C1(c2ccccc2)CCC(NCCc2c[nH]c3ccccc23)CC1. The van der Waals surface area contributed by atoms with Crippen LogP contribution in [0.2, 0.25) is 0 Å². The maximum Gasteiger partial charge on any atom is 0.0456 e. The third kappa shape index (κ3) is 3.67. The lowest BCUT2D eigenvalue weighted by Crippen LogP contribution is -2.48. The fourth-order valence-electron chi connectivity index (χ4n) is 4.79. The van der Waals surface area contributed by atoms with Gasteiger partial charge < -0.3 is 10.3 Å². The molecular formula is C24H31N3. The van der Waals surface area contributed by atoms with Gasteiger partial charge in [-0.1, -0.05) is 48.5 Å². The summed E-state index contributed by atoms with van der Waals surface area (Å²) in [5.74, 6) is 0. The van der Waals surface area contributed by atoms with Crippen molar-refractivity contribution in [3.63, 3.8) is 0 Å². The van der Waals surface area contributed by atoms with Crippen molar-refractivity contribution >= 4 is 10.9 Å². The van der Waals surface area contributed by atoms with Gasteiger partial charge in [-0.2, -0.15) is 0 Å². The van der Waals surface area contributed by atoms with Gasteiger partial charge in [-0.25, -0.2) is 0 Å². The summed E-state index contributed by atoms with van der Waals surface area (Å²) in [6.45, 7) is 1.05. The summed E-state index contributed by atoms with van der Waals surface area (Å²) in [7, 11) is 4.47. The number of hydrogen-bond acceptors (Lipinski definition) is 2. The molecule has 1 aliphatic carbocycles. The maximum absolute atomic E-state index is 3.82. The van der Waals surface area contributed by atoms with Crippen molar-refractivity contribution in [2.24, 2.45) is 0 Å². The van der Waals surface area contributed by atoms with Crippen molar-refractivity contribution in [3.8, 4) is 0 Å². The number of nitrogens with zero attached hydrogens (tertiary/aromatic N) is 1. The summed E-state index contributed by atoms with van der Waals surface area (Å²) in [6, 6.07) is 20.3. The quantitative estimate of drug-likeness (QED) is 0.667. The van der Waals surface area contributed by atoms with Crippen molar-refractivity contribution < 1.29 is 0 Å². The Morgan fingerprint density at radius 2 is 1.70 bits per heavy atom. The summed E-state index contributed by atoms with van der Waals surface area (Å²) in [6.07, 6.45) is 8.16. The first-order valence-corrected chi connectivity index (χ1v) is 10.2. The van der Waals surface area contributed by atoms with E-state index in [1.54, 1.807) is 0 Å². The van der Waals surface area contributed by atoms with E-state index in [2.05, 4.69) is 90.1 Å². The molecule has 0 radical (unpaired) electrons. The minimum atomic E-state index is 0.191.